The second-order valence-corrected chi connectivity index (χ2v) is 8.83. The first-order valence-electron chi connectivity index (χ1n) is 4.44. The molecule has 1 N–H and O–H groups in total. The van der Waals surface area contributed by atoms with Gasteiger partial charge in [-0.3, -0.25) is 0 Å². The summed E-state index contributed by atoms with van der Waals surface area (Å²) >= 11 is 0. The fourth-order valence-corrected chi connectivity index (χ4v) is 2.17. The molecule has 1 aromatic rings. The maximum absolute atomic E-state index is 5.25. The van der Waals surface area contributed by atoms with E-state index in [2.05, 4.69) is 30.7 Å². The molecule has 0 aliphatic heterocycles. The van der Waals surface area contributed by atoms with Crippen molar-refractivity contribution in [2.24, 2.45) is 0 Å². The maximum Gasteiger partial charge on any atom is 0.144 e. The number of benzene rings is 1. The van der Waals surface area contributed by atoms with Gasteiger partial charge in [0, 0.05) is 0 Å². The minimum absolute atomic E-state index is 0.921. The standard InChI is InChI=1S/C10H17NOSi/c1-12-10-8-6-5-7-9(10)11-13(2,3)4/h5-8,11H,1-4H3. The van der Waals surface area contributed by atoms with Crippen LogP contribution in [0.1, 0.15) is 0 Å². The molecule has 1 aromatic carbocycles. The molecular formula is C10H17NOSi. The molecule has 3 heteroatoms. The molecule has 0 saturated heterocycles. The third kappa shape index (κ3) is 3.11. The largest absolute Gasteiger partial charge is 0.495 e. The van der Waals surface area contributed by atoms with Gasteiger partial charge >= 0.3 is 0 Å². The Morgan fingerprint density at radius 2 is 1.77 bits per heavy atom. The quantitative estimate of drug-likeness (QED) is 0.749. The maximum atomic E-state index is 5.25. The number of rotatable bonds is 3. The lowest BCUT2D eigenvalue weighted by Crippen LogP contribution is -2.32. The lowest BCUT2D eigenvalue weighted by Gasteiger charge is -2.21. The normalized spacial score (nSPS) is 11.1. The average Bonchev–Trinajstić information content (AvgIpc) is 2.02. The van der Waals surface area contributed by atoms with Gasteiger partial charge in [-0.1, -0.05) is 31.8 Å². The number of hydrogen-bond donors (Lipinski definition) is 1. The molecule has 0 unspecified atom stereocenters. The van der Waals surface area contributed by atoms with Crippen LogP contribution in [0.15, 0.2) is 24.3 Å². The Morgan fingerprint density at radius 1 is 1.15 bits per heavy atom. The Hall–Kier alpha value is -0.963. The van der Waals surface area contributed by atoms with E-state index in [1.807, 2.05) is 18.2 Å². The smallest absolute Gasteiger partial charge is 0.144 e. The molecule has 0 aromatic heterocycles. The molecule has 0 bridgehead atoms. The number of para-hydroxylation sites is 2. The minimum Gasteiger partial charge on any atom is -0.495 e. The van der Waals surface area contributed by atoms with Crippen LogP contribution in [-0.4, -0.2) is 15.3 Å². The molecule has 0 aliphatic carbocycles. The van der Waals surface area contributed by atoms with E-state index in [9.17, 15) is 0 Å². The van der Waals surface area contributed by atoms with E-state index in [4.69, 9.17) is 4.74 Å². The van der Waals surface area contributed by atoms with Crippen molar-refractivity contribution in [2.75, 3.05) is 12.1 Å². The first-order valence-corrected chi connectivity index (χ1v) is 7.94. The van der Waals surface area contributed by atoms with E-state index in [-0.39, 0.29) is 0 Å². The second-order valence-electron chi connectivity index (χ2n) is 4.08. The van der Waals surface area contributed by atoms with Crippen molar-refractivity contribution in [3.63, 3.8) is 0 Å². The van der Waals surface area contributed by atoms with Crippen molar-refractivity contribution >= 4 is 13.9 Å². The number of nitrogens with one attached hydrogen (secondary N) is 1. The molecule has 0 aliphatic rings. The third-order valence-electron chi connectivity index (χ3n) is 1.62. The second kappa shape index (κ2) is 3.83. The van der Waals surface area contributed by atoms with Gasteiger partial charge in [0.25, 0.3) is 0 Å². The number of methoxy groups -OCH3 is 1. The Balaban J connectivity index is 2.87. The van der Waals surface area contributed by atoms with Crippen LogP contribution in [0.4, 0.5) is 5.69 Å². The molecule has 1 rings (SSSR count). The van der Waals surface area contributed by atoms with Crippen molar-refractivity contribution in [1.29, 1.82) is 0 Å². The SMILES string of the molecule is COc1ccccc1N[Si](C)(C)C. The first-order chi connectivity index (χ1) is 6.03. The van der Waals surface area contributed by atoms with Crippen LogP contribution in [0.25, 0.3) is 0 Å². The summed E-state index contributed by atoms with van der Waals surface area (Å²) in [6, 6.07) is 8.03. The van der Waals surface area contributed by atoms with Crippen LogP contribution >= 0.6 is 0 Å². The summed E-state index contributed by atoms with van der Waals surface area (Å²) in [5.74, 6) is 0.921. The molecular weight excluding hydrogens is 178 g/mol. The summed E-state index contributed by atoms with van der Waals surface area (Å²) in [7, 11) is 0.423. The van der Waals surface area contributed by atoms with Crippen LogP contribution < -0.4 is 9.72 Å². The summed E-state index contributed by atoms with van der Waals surface area (Å²) < 4.78 is 5.25. The molecule has 0 radical (unpaired) electrons. The highest BCUT2D eigenvalue weighted by Gasteiger charge is 2.14. The van der Waals surface area contributed by atoms with Crippen LogP contribution in [0, 0.1) is 0 Å². The van der Waals surface area contributed by atoms with Gasteiger partial charge < -0.3 is 9.72 Å². The Kier molecular flexibility index (Phi) is 2.98. The first kappa shape index (κ1) is 10.1. The van der Waals surface area contributed by atoms with E-state index >= 15 is 0 Å². The van der Waals surface area contributed by atoms with Gasteiger partial charge in [-0.2, -0.15) is 0 Å². The van der Waals surface area contributed by atoms with Crippen molar-refractivity contribution in [3.8, 4) is 5.75 Å². The monoisotopic (exact) mass is 195 g/mol. The zero-order chi connectivity index (χ0) is 9.90. The molecule has 0 heterocycles. The van der Waals surface area contributed by atoms with Gasteiger partial charge in [0.05, 0.1) is 12.8 Å². The van der Waals surface area contributed by atoms with E-state index in [1.54, 1.807) is 7.11 Å². The van der Waals surface area contributed by atoms with E-state index in [1.165, 1.54) is 0 Å². The lowest BCUT2D eigenvalue weighted by atomic mass is 10.3. The summed E-state index contributed by atoms with van der Waals surface area (Å²) in [6.45, 7) is 6.79. The van der Waals surface area contributed by atoms with E-state index in [0.717, 1.165) is 11.4 Å². The molecule has 0 atom stereocenters. The molecule has 13 heavy (non-hydrogen) atoms. The molecule has 0 spiro atoms. The van der Waals surface area contributed by atoms with Crippen LogP contribution in [0.3, 0.4) is 0 Å². The predicted molar refractivity (Wildman–Crippen MR) is 60.0 cm³/mol. The molecule has 2 nitrogen and oxygen atoms in total. The lowest BCUT2D eigenvalue weighted by molar-refractivity contribution is 0.417. The highest BCUT2D eigenvalue weighted by Crippen LogP contribution is 2.24. The zero-order valence-electron chi connectivity index (χ0n) is 8.72. The number of hydrogen-bond acceptors (Lipinski definition) is 2. The van der Waals surface area contributed by atoms with Gasteiger partial charge in [-0.25, -0.2) is 0 Å². The van der Waals surface area contributed by atoms with Gasteiger partial charge in [-0.05, 0) is 12.1 Å². The number of ether oxygens (including phenoxy) is 1. The Bertz CT molecular complexity index is 280. The van der Waals surface area contributed by atoms with E-state index < -0.39 is 8.24 Å². The molecule has 0 amide bonds. The average molecular weight is 195 g/mol. The summed E-state index contributed by atoms with van der Waals surface area (Å²) in [5, 5.41) is 0. The molecule has 0 fully saturated rings. The van der Waals surface area contributed by atoms with Gasteiger partial charge in [0.2, 0.25) is 0 Å². The third-order valence-corrected chi connectivity index (χ3v) is 2.64. The summed E-state index contributed by atoms with van der Waals surface area (Å²) in [5.41, 5.74) is 1.10. The zero-order valence-corrected chi connectivity index (χ0v) is 9.72. The van der Waals surface area contributed by atoms with Crippen molar-refractivity contribution in [3.05, 3.63) is 24.3 Å². The molecule has 0 saturated carbocycles. The van der Waals surface area contributed by atoms with Crippen LogP contribution in [-0.2, 0) is 0 Å². The topological polar surface area (TPSA) is 21.3 Å². The van der Waals surface area contributed by atoms with Crippen molar-refractivity contribution in [1.82, 2.24) is 0 Å². The fourth-order valence-electron chi connectivity index (χ4n) is 1.15. The van der Waals surface area contributed by atoms with Gasteiger partial charge in [0.15, 0.2) is 0 Å². The predicted octanol–water partition coefficient (Wildman–Crippen LogP) is 2.94. The van der Waals surface area contributed by atoms with Gasteiger partial charge in [-0.15, -0.1) is 0 Å². The molecule has 72 valence electrons. The number of anilines is 1. The summed E-state index contributed by atoms with van der Waals surface area (Å²) in [6.07, 6.45) is 0. The van der Waals surface area contributed by atoms with Crippen LogP contribution in [0.5, 0.6) is 5.75 Å². The highest BCUT2D eigenvalue weighted by atomic mass is 28.3. The van der Waals surface area contributed by atoms with Gasteiger partial charge in [0.1, 0.15) is 14.0 Å². The Labute approximate surface area is 81.0 Å². The highest BCUT2D eigenvalue weighted by molar-refractivity contribution is 6.79. The Morgan fingerprint density at radius 3 is 2.31 bits per heavy atom. The summed E-state index contributed by atoms with van der Waals surface area (Å²) in [4.78, 5) is 3.51. The van der Waals surface area contributed by atoms with E-state index in [0.29, 0.717) is 0 Å². The fraction of sp³-hybridized carbons (Fsp3) is 0.400. The van der Waals surface area contributed by atoms with Crippen molar-refractivity contribution in [2.45, 2.75) is 19.6 Å². The minimum atomic E-state index is -1.28. The van der Waals surface area contributed by atoms with Crippen LogP contribution in [0.2, 0.25) is 19.6 Å². The van der Waals surface area contributed by atoms with Crippen molar-refractivity contribution < 1.29 is 4.74 Å².